The molecular weight excluding hydrogens is 490 g/mol. The Morgan fingerprint density at radius 2 is 1.87 bits per heavy atom. The van der Waals surface area contributed by atoms with Crippen LogP contribution >= 0.6 is 0 Å². The molecule has 1 saturated carbocycles. The van der Waals surface area contributed by atoms with Crippen molar-refractivity contribution in [2.24, 2.45) is 0 Å². The number of carbonyl (C=O) groups excluding carboxylic acids is 1. The highest BCUT2D eigenvalue weighted by atomic mass is 16.7. The fourth-order valence-corrected chi connectivity index (χ4v) is 5.37. The Hall–Kier alpha value is -3.44. The van der Waals surface area contributed by atoms with Gasteiger partial charge < -0.3 is 24.5 Å². The van der Waals surface area contributed by atoms with Crippen molar-refractivity contribution in [3.63, 3.8) is 0 Å². The number of rotatable bonds is 8. The summed E-state index contributed by atoms with van der Waals surface area (Å²) < 4.78 is 13.7. The number of carbonyl (C=O) groups is 1. The number of aromatic nitrogens is 2. The van der Waals surface area contributed by atoms with E-state index < -0.39 is 6.04 Å². The summed E-state index contributed by atoms with van der Waals surface area (Å²) in [7, 11) is 0. The molecule has 2 fully saturated rings. The summed E-state index contributed by atoms with van der Waals surface area (Å²) in [5, 5.41) is 13.1. The Morgan fingerprint density at radius 3 is 2.51 bits per heavy atom. The first kappa shape index (κ1) is 27.1. The lowest BCUT2D eigenvalue weighted by Gasteiger charge is -2.36. The molecule has 1 unspecified atom stereocenters. The van der Waals surface area contributed by atoms with E-state index in [1.807, 2.05) is 29.8 Å². The van der Waals surface area contributed by atoms with Crippen molar-refractivity contribution in [2.45, 2.75) is 76.3 Å². The summed E-state index contributed by atoms with van der Waals surface area (Å²) in [5.41, 5.74) is 4.49. The molecule has 1 amide bonds. The molecule has 5 rings (SSSR count). The molecule has 204 valence electrons. The van der Waals surface area contributed by atoms with Crippen molar-refractivity contribution < 1.29 is 19.4 Å². The molecule has 0 radical (unpaired) electrons. The van der Waals surface area contributed by atoms with E-state index in [9.17, 15) is 9.90 Å². The highest BCUT2D eigenvalue weighted by Gasteiger charge is 2.30. The van der Waals surface area contributed by atoms with Gasteiger partial charge in [-0.05, 0) is 73.8 Å². The molecule has 1 aliphatic heterocycles. The fourth-order valence-electron chi connectivity index (χ4n) is 5.37. The average Bonchev–Trinajstić information content (AvgIpc) is 3.42. The molecule has 3 aromatic rings. The molecule has 1 saturated heterocycles. The van der Waals surface area contributed by atoms with Crippen molar-refractivity contribution in [3.05, 3.63) is 77.9 Å². The van der Waals surface area contributed by atoms with Crippen LogP contribution in [0.25, 0.3) is 11.1 Å². The van der Waals surface area contributed by atoms with Gasteiger partial charge in [-0.15, -0.1) is 0 Å². The lowest BCUT2D eigenvalue weighted by Crippen LogP contribution is -2.42. The molecule has 0 spiro atoms. The summed E-state index contributed by atoms with van der Waals surface area (Å²) in [6, 6.07) is 16.7. The predicted octanol–water partition coefficient (Wildman–Crippen LogP) is 5.12. The van der Waals surface area contributed by atoms with E-state index in [1.165, 1.54) is 5.56 Å². The summed E-state index contributed by atoms with van der Waals surface area (Å²) >= 11 is 0. The third-order valence-corrected chi connectivity index (χ3v) is 7.59. The minimum Gasteiger partial charge on any atom is -0.393 e. The van der Waals surface area contributed by atoms with Crippen LogP contribution in [-0.4, -0.2) is 46.1 Å². The number of aliphatic hydroxyl groups is 1. The largest absolute Gasteiger partial charge is 0.393 e. The predicted molar refractivity (Wildman–Crippen MR) is 150 cm³/mol. The van der Waals surface area contributed by atoms with E-state index in [2.05, 4.69) is 58.5 Å². The van der Waals surface area contributed by atoms with E-state index >= 15 is 0 Å². The molecule has 3 atom stereocenters. The zero-order chi connectivity index (χ0) is 27.2. The van der Waals surface area contributed by atoms with Crippen LogP contribution in [0.15, 0.2) is 60.9 Å². The van der Waals surface area contributed by atoms with Gasteiger partial charge in [-0.1, -0.05) is 48.2 Å². The number of ether oxygens (including phenoxy) is 2. The third kappa shape index (κ3) is 6.77. The van der Waals surface area contributed by atoms with E-state index in [-0.39, 0.29) is 24.9 Å². The molecule has 2 aromatic carbocycles. The molecule has 0 bridgehead atoms. The SMILES string of the molecule is CC(=O)NC1CC(c2ccc(-c3ccc(C#C[C@@H](CO)n4ccnc4[C@H](C)OC4CCCCO4)cc3)cc2)C1. The van der Waals surface area contributed by atoms with Gasteiger partial charge in [-0.25, -0.2) is 4.98 Å². The number of nitrogens with zero attached hydrogens (tertiary/aromatic N) is 2. The lowest BCUT2D eigenvalue weighted by atomic mass is 9.75. The number of hydrogen-bond donors (Lipinski definition) is 2. The Morgan fingerprint density at radius 1 is 1.15 bits per heavy atom. The fraction of sp³-hybridized carbons (Fsp3) is 0.438. The van der Waals surface area contributed by atoms with Crippen molar-refractivity contribution in [2.75, 3.05) is 13.2 Å². The van der Waals surface area contributed by atoms with Gasteiger partial charge in [0, 0.05) is 37.5 Å². The Bertz CT molecular complexity index is 1290. The topological polar surface area (TPSA) is 85.6 Å². The van der Waals surface area contributed by atoms with Crippen molar-refractivity contribution in [1.82, 2.24) is 14.9 Å². The van der Waals surface area contributed by atoms with Crippen molar-refractivity contribution in [3.8, 4) is 23.0 Å². The zero-order valence-corrected chi connectivity index (χ0v) is 22.7. The molecule has 2 aliphatic rings. The van der Waals surface area contributed by atoms with Gasteiger partial charge in [-0.2, -0.15) is 0 Å². The second-order valence-corrected chi connectivity index (χ2v) is 10.5. The summed E-state index contributed by atoms with van der Waals surface area (Å²) in [4.78, 5) is 15.7. The van der Waals surface area contributed by atoms with Crippen molar-refractivity contribution >= 4 is 5.91 Å². The van der Waals surface area contributed by atoms with Gasteiger partial charge in [0.15, 0.2) is 6.29 Å². The van der Waals surface area contributed by atoms with E-state index in [1.54, 1.807) is 13.1 Å². The first-order valence-corrected chi connectivity index (χ1v) is 13.9. The van der Waals surface area contributed by atoms with E-state index in [0.29, 0.717) is 12.0 Å². The maximum atomic E-state index is 11.2. The maximum absolute atomic E-state index is 11.2. The first-order valence-electron chi connectivity index (χ1n) is 13.9. The summed E-state index contributed by atoms with van der Waals surface area (Å²) in [6.07, 6.45) is 8.13. The highest BCUT2D eigenvalue weighted by molar-refractivity contribution is 5.73. The molecule has 1 aliphatic carbocycles. The molecule has 39 heavy (non-hydrogen) atoms. The van der Waals surface area contributed by atoms with Crippen LogP contribution in [0.1, 0.15) is 81.0 Å². The summed E-state index contributed by atoms with van der Waals surface area (Å²) in [6.45, 7) is 4.13. The van der Waals surface area contributed by atoms with Gasteiger partial charge >= 0.3 is 0 Å². The Kier molecular flexibility index (Phi) is 8.77. The quantitative estimate of drug-likeness (QED) is 0.397. The number of hydrogen-bond acceptors (Lipinski definition) is 5. The number of benzene rings is 2. The molecular formula is C32H37N3O4. The standard InChI is InChI=1S/C32H37N3O4/c1-22(39-31-5-3-4-18-38-31)32-33-16-17-35(32)30(21-36)15-8-24-6-9-25(10-7-24)26-11-13-27(14-12-26)28-19-29(20-28)34-23(2)37/h6-7,9-14,16-17,22,28-31,36H,3-5,18-21H2,1-2H3,(H,34,37)/t22-,28?,29?,30-,31?/m0/s1. The maximum Gasteiger partial charge on any atom is 0.217 e. The van der Waals surface area contributed by atoms with Gasteiger partial charge in [-0.3, -0.25) is 4.79 Å². The Labute approximate surface area is 230 Å². The minimum atomic E-state index is -0.426. The normalized spacial score (nSPS) is 22.2. The third-order valence-electron chi connectivity index (χ3n) is 7.59. The second-order valence-electron chi connectivity index (χ2n) is 10.5. The molecule has 2 N–H and O–H groups in total. The van der Waals surface area contributed by atoms with E-state index in [0.717, 1.165) is 61.2 Å². The van der Waals surface area contributed by atoms with Gasteiger partial charge in [0.1, 0.15) is 18.0 Å². The molecule has 1 aromatic heterocycles. The van der Waals surface area contributed by atoms with Crippen molar-refractivity contribution in [1.29, 1.82) is 0 Å². The monoisotopic (exact) mass is 527 g/mol. The second kappa shape index (κ2) is 12.6. The van der Waals surface area contributed by atoms with Gasteiger partial charge in [0.2, 0.25) is 5.91 Å². The highest BCUT2D eigenvalue weighted by Crippen LogP contribution is 2.37. The van der Waals surface area contributed by atoms with Crippen LogP contribution in [0.5, 0.6) is 0 Å². The van der Waals surface area contributed by atoms with Gasteiger partial charge in [0.05, 0.1) is 6.61 Å². The molecule has 2 heterocycles. The van der Waals surface area contributed by atoms with E-state index in [4.69, 9.17) is 9.47 Å². The minimum absolute atomic E-state index is 0.0462. The number of aliphatic hydroxyl groups excluding tert-OH is 1. The van der Waals surface area contributed by atoms with Crippen LogP contribution in [-0.2, 0) is 14.3 Å². The van der Waals surface area contributed by atoms with Crippen LogP contribution in [0.3, 0.4) is 0 Å². The van der Waals surface area contributed by atoms with Crippen LogP contribution in [0, 0.1) is 11.8 Å². The lowest BCUT2D eigenvalue weighted by molar-refractivity contribution is -0.188. The molecule has 7 nitrogen and oxygen atoms in total. The van der Waals surface area contributed by atoms with Crippen LogP contribution in [0.2, 0.25) is 0 Å². The zero-order valence-electron chi connectivity index (χ0n) is 22.7. The smallest absolute Gasteiger partial charge is 0.217 e. The average molecular weight is 528 g/mol. The number of nitrogens with one attached hydrogen (secondary N) is 1. The van der Waals surface area contributed by atoms with Crippen LogP contribution in [0.4, 0.5) is 0 Å². The molecule has 7 heteroatoms. The Balaban J connectivity index is 1.20. The number of amides is 1. The first-order chi connectivity index (χ1) is 19.0. The summed E-state index contributed by atoms with van der Waals surface area (Å²) in [5.74, 6) is 7.70. The number of imidazole rings is 1. The van der Waals surface area contributed by atoms with Gasteiger partial charge in [0.25, 0.3) is 0 Å². The van der Waals surface area contributed by atoms with Crippen LogP contribution < -0.4 is 5.32 Å².